The number of amides is 1. The fourth-order valence-electron chi connectivity index (χ4n) is 2.47. The Balaban J connectivity index is 1.52. The van der Waals surface area contributed by atoms with E-state index in [-0.39, 0.29) is 12.0 Å². The van der Waals surface area contributed by atoms with Crippen LogP contribution in [-0.4, -0.2) is 23.6 Å². The van der Waals surface area contributed by atoms with Gasteiger partial charge in [0, 0.05) is 13.2 Å². The fourth-order valence-corrected chi connectivity index (χ4v) is 2.47. The first-order valence-corrected chi connectivity index (χ1v) is 7.89. The topological polar surface area (TPSA) is 63.2 Å². The first kappa shape index (κ1) is 15.5. The molecule has 0 aliphatic carbocycles. The quantitative estimate of drug-likeness (QED) is 0.890. The number of aryl methyl sites for hydroxylation is 1. The van der Waals surface area contributed by atoms with Gasteiger partial charge < -0.3 is 15.4 Å². The Morgan fingerprint density at radius 3 is 2.74 bits per heavy atom. The number of nitrogens with zero attached hydrogens (tertiary/aromatic N) is 1. The Hall–Kier alpha value is -2.40. The average Bonchev–Trinajstić information content (AvgIpc) is 3.10. The summed E-state index contributed by atoms with van der Waals surface area (Å²) in [6.45, 7) is 3.47. The van der Waals surface area contributed by atoms with Crippen molar-refractivity contribution in [3.05, 3.63) is 53.7 Å². The van der Waals surface area contributed by atoms with Crippen LogP contribution in [-0.2, 0) is 16.1 Å². The van der Waals surface area contributed by atoms with Crippen molar-refractivity contribution in [2.75, 3.05) is 17.2 Å². The highest BCUT2D eigenvalue weighted by Gasteiger charge is 2.23. The number of anilines is 2. The van der Waals surface area contributed by atoms with E-state index in [1.165, 1.54) is 11.1 Å². The van der Waals surface area contributed by atoms with Crippen LogP contribution < -0.4 is 10.6 Å². The van der Waals surface area contributed by atoms with Crippen LogP contribution in [0.15, 0.2) is 42.6 Å². The molecular formula is C18H21N3O2. The molecule has 2 N–H and O–H groups in total. The van der Waals surface area contributed by atoms with Crippen molar-refractivity contribution < 1.29 is 9.53 Å². The summed E-state index contributed by atoms with van der Waals surface area (Å²) in [4.78, 5) is 16.2. The van der Waals surface area contributed by atoms with Crippen LogP contribution in [0.3, 0.4) is 0 Å². The van der Waals surface area contributed by atoms with Gasteiger partial charge in [0.25, 0.3) is 5.91 Å². The Morgan fingerprint density at radius 2 is 2.09 bits per heavy atom. The smallest absolute Gasteiger partial charge is 0.254 e. The summed E-state index contributed by atoms with van der Waals surface area (Å²) in [6, 6.07) is 12.1. The summed E-state index contributed by atoms with van der Waals surface area (Å²) in [5.74, 6) is 0.432. The summed E-state index contributed by atoms with van der Waals surface area (Å²) in [6.07, 6.45) is 3.10. The van der Waals surface area contributed by atoms with Gasteiger partial charge in [-0.15, -0.1) is 0 Å². The third-order valence-corrected chi connectivity index (χ3v) is 3.85. The Kier molecular flexibility index (Phi) is 4.88. The SMILES string of the molecule is Cc1ccc(CNc2ccc(NC(=O)C3CCCO3)nc2)cc1. The molecule has 1 aliphatic rings. The lowest BCUT2D eigenvalue weighted by molar-refractivity contribution is -0.124. The molecule has 1 atom stereocenters. The van der Waals surface area contributed by atoms with Gasteiger partial charge in [-0.3, -0.25) is 4.79 Å². The van der Waals surface area contributed by atoms with Crippen LogP contribution >= 0.6 is 0 Å². The summed E-state index contributed by atoms with van der Waals surface area (Å²) in [7, 11) is 0. The van der Waals surface area contributed by atoms with E-state index < -0.39 is 0 Å². The van der Waals surface area contributed by atoms with Crippen molar-refractivity contribution in [3.63, 3.8) is 0 Å². The number of nitrogens with one attached hydrogen (secondary N) is 2. The predicted molar refractivity (Wildman–Crippen MR) is 90.3 cm³/mol. The average molecular weight is 311 g/mol. The predicted octanol–water partition coefficient (Wildman–Crippen LogP) is 3.12. The van der Waals surface area contributed by atoms with E-state index in [9.17, 15) is 4.79 Å². The number of benzene rings is 1. The molecule has 23 heavy (non-hydrogen) atoms. The van der Waals surface area contributed by atoms with Gasteiger partial charge in [-0.25, -0.2) is 4.98 Å². The zero-order valence-corrected chi connectivity index (χ0v) is 13.2. The standard InChI is InChI=1S/C18H21N3O2/c1-13-4-6-14(7-5-13)11-19-15-8-9-17(20-12-15)21-18(22)16-3-2-10-23-16/h4-9,12,16,19H,2-3,10-11H2,1H3,(H,20,21,22). The van der Waals surface area contributed by atoms with Crippen molar-refractivity contribution in [3.8, 4) is 0 Å². The number of aromatic nitrogens is 1. The van der Waals surface area contributed by atoms with Crippen LogP contribution in [0.25, 0.3) is 0 Å². The number of carbonyl (C=O) groups excluding carboxylic acids is 1. The minimum atomic E-state index is -0.337. The van der Waals surface area contributed by atoms with Crippen LogP contribution in [0.1, 0.15) is 24.0 Å². The number of hydrogen-bond donors (Lipinski definition) is 2. The van der Waals surface area contributed by atoms with E-state index >= 15 is 0 Å². The van der Waals surface area contributed by atoms with Gasteiger partial charge in [-0.1, -0.05) is 29.8 Å². The molecule has 1 aromatic heterocycles. The molecule has 0 spiro atoms. The van der Waals surface area contributed by atoms with Crippen molar-refractivity contribution in [2.45, 2.75) is 32.4 Å². The lowest BCUT2D eigenvalue weighted by Gasteiger charge is -2.11. The van der Waals surface area contributed by atoms with Crippen molar-refractivity contribution in [1.82, 2.24) is 4.98 Å². The van der Waals surface area contributed by atoms with Gasteiger partial charge in [0.15, 0.2) is 0 Å². The molecule has 1 amide bonds. The molecular weight excluding hydrogens is 290 g/mol. The van der Waals surface area contributed by atoms with Crippen LogP contribution in [0, 0.1) is 6.92 Å². The normalized spacial score (nSPS) is 17.0. The van der Waals surface area contributed by atoms with E-state index in [1.807, 2.05) is 6.07 Å². The molecule has 1 saturated heterocycles. The number of carbonyl (C=O) groups is 1. The summed E-state index contributed by atoms with van der Waals surface area (Å²) in [5.41, 5.74) is 3.38. The maximum Gasteiger partial charge on any atom is 0.254 e. The first-order valence-electron chi connectivity index (χ1n) is 7.89. The van der Waals surface area contributed by atoms with Crippen LogP contribution in [0.4, 0.5) is 11.5 Å². The lowest BCUT2D eigenvalue weighted by atomic mass is 10.1. The molecule has 1 aromatic carbocycles. The zero-order valence-electron chi connectivity index (χ0n) is 13.2. The molecule has 5 heteroatoms. The van der Waals surface area contributed by atoms with Gasteiger partial charge >= 0.3 is 0 Å². The summed E-state index contributed by atoms with van der Waals surface area (Å²) in [5, 5.41) is 6.10. The van der Waals surface area contributed by atoms with Gasteiger partial charge in [0.1, 0.15) is 11.9 Å². The van der Waals surface area contributed by atoms with Gasteiger partial charge in [-0.2, -0.15) is 0 Å². The third-order valence-electron chi connectivity index (χ3n) is 3.85. The Bertz CT molecular complexity index is 647. The molecule has 2 aromatic rings. The van der Waals surface area contributed by atoms with Gasteiger partial charge in [-0.05, 0) is 37.5 Å². The number of rotatable bonds is 5. The maximum absolute atomic E-state index is 11.9. The maximum atomic E-state index is 11.9. The molecule has 0 radical (unpaired) electrons. The summed E-state index contributed by atoms with van der Waals surface area (Å²) >= 11 is 0. The van der Waals surface area contributed by atoms with Crippen LogP contribution in [0.2, 0.25) is 0 Å². The van der Waals surface area contributed by atoms with Gasteiger partial charge in [0.2, 0.25) is 0 Å². The number of pyridine rings is 1. The van der Waals surface area contributed by atoms with E-state index in [2.05, 4.69) is 46.8 Å². The van der Waals surface area contributed by atoms with Crippen molar-refractivity contribution in [2.24, 2.45) is 0 Å². The minimum absolute atomic E-state index is 0.115. The highest BCUT2D eigenvalue weighted by atomic mass is 16.5. The van der Waals surface area contributed by atoms with E-state index in [0.29, 0.717) is 12.4 Å². The highest BCUT2D eigenvalue weighted by molar-refractivity contribution is 5.93. The molecule has 2 heterocycles. The summed E-state index contributed by atoms with van der Waals surface area (Å²) < 4.78 is 5.35. The van der Waals surface area contributed by atoms with E-state index in [0.717, 1.165) is 25.1 Å². The molecule has 3 rings (SSSR count). The molecule has 5 nitrogen and oxygen atoms in total. The number of ether oxygens (including phenoxy) is 1. The molecule has 1 unspecified atom stereocenters. The molecule has 1 aliphatic heterocycles. The Morgan fingerprint density at radius 1 is 1.26 bits per heavy atom. The molecule has 120 valence electrons. The van der Waals surface area contributed by atoms with Gasteiger partial charge in [0.05, 0.1) is 11.9 Å². The van der Waals surface area contributed by atoms with Crippen LogP contribution in [0.5, 0.6) is 0 Å². The highest BCUT2D eigenvalue weighted by Crippen LogP contribution is 2.16. The molecule has 0 saturated carbocycles. The zero-order chi connectivity index (χ0) is 16.1. The second kappa shape index (κ2) is 7.24. The number of hydrogen-bond acceptors (Lipinski definition) is 4. The first-order chi connectivity index (χ1) is 11.2. The Labute approximate surface area is 136 Å². The second-order valence-corrected chi connectivity index (χ2v) is 5.76. The van der Waals surface area contributed by atoms with E-state index in [1.54, 1.807) is 12.3 Å². The monoisotopic (exact) mass is 311 g/mol. The molecule has 1 fully saturated rings. The second-order valence-electron chi connectivity index (χ2n) is 5.76. The van der Waals surface area contributed by atoms with E-state index in [4.69, 9.17) is 4.74 Å². The molecule has 0 bridgehead atoms. The van der Waals surface area contributed by atoms with Crippen molar-refractivity contribution >= 4 is 17.4 Å². The minimum Gasteiger partial charge on any atom is -0.380 e. The lowest BCUT2D eigenvalue weighted by Crippen LogP contribution is -2.27. The third kappa shape index (κ3) is 4.29. The van der Waals surface area contributed by atoms with Crippen molar-refractivity contribution in [1.29, 1.82) is 0 Å². The largest absolute Gasteiger partial charge is 0.380 e. The fraction of sp³-hybridized carbons (Fsp3) is 0.333.